The van der Waals surface area contributed by atoms with Gasteiger partial charge in [-0.15, -0.1) is 0 Å². The molecule has 2 N–H and O–H groups in total. The molecule has 0 aliphatic heterocycles. The molecule has 0 bridgehead atoms. The lowest BCUT2D eigenvalue weighted by molar-refractivity contribution is 0.0942. The summed E-state index contributed by atoms with van der Waals surface area (Å²) in [6.07, 6.45) is 6.97. The van der Waals surface area contributed by atoms with Crippen LogP contribution >= 0.6 is 11.6 Å². The molecular weight excluding hydrogens is 276 g/mol. The number of carbonyl (C=O) groups is 1. The molecule has 0 unspecified atom stereocenters. The zero-order valence-corrected chi connectivity index (χ0v) is 12.4. The minimum Gasteiger partial charge on any atom is -0.351 e. The minimum absolute atomic E-state index is 0.0926. The maximum absolute atomic E-state index is 12.1. The van der Waals surface area contributed by atoms with Crippen molar-refractivity contribution in [3.63, 3.8) is 0 Å². The Labute approximate surface area is 123 Å². The highest BCUT2D eigenvalue weighted by molar-refractivity contribution is 6.31. The van der Waals surface area contributed by atoms with Gasteiger partial charge in [0.2, 0.25) is 0 Å². The average molecular weight is 295 g/mol. The number of halogens is 1. The van der Waals surface area contributed by atoms with Crippen molar-refractivity contribution in [2.75, 3.05) is 6.54 Å². The second kappa shape index (κ2) is 6.61. The highest BCUT2D eigenvalue weighted by Crippen LogP contribution is 2.18. The van der Waals surface area contributed by atoms with Crippen molar-refractivity contribution in [3.8, 4) is 0 Å². The third kappa shape index (κ3) is 3.63. The Bertz CT molecular complexity index is 560. The quantitative estimate of drug-likeness (QED) is 0.805. The predicted octanol–water partition coefficient (Wildman–Crippen LogP) is 2.81. The van der Waals surface area contributed by atoms with Gasteiger partial charge in [-0.2, -0.15) is 0 Å². The lowest BCUT2D eigenvalue weighted by Gasteiger charge is -2.12. The second-order valence-corrected chi connectivity index (χ2v) is 5.38. The van der Waals surface area contributed by atoms with E-state index in [-0.39, 0.29) is 11.9 Å². The van der Waals surface area contributed by atoms with E-state index in [1.807, 2.05) is 18.4 Å². The third-order valence-electron chi connectivity index (χ3n) is 3.03. The Morgan fingerprint density at radius 3 is 3.00 bits per heavy atom. The van der Waals surface area contributed by atoms with E-state index in [1.54, 1.807) is 24.7 Å². The first-order valence-corrected chi connectivity index (χ1v) is 7.09. The van der Waals surface area contributed by atoms with Gasteiger partial charge in [0.05, 0.1) is 5.02 Å². The molecule has 20 heavy (non-hydrogen) atoms. The van der Waals surface area contributed by atoms with Gasteiger partial charge in [-0.05, 0) is 26.3 Å². The highest BCUT2D eigenvalue weighted by atomic mass is 35.5. The topological polar surface area (TPSA) is 62.7 Å². The van der Waals surface area contributed by atoms with Crippen molar-refractivity contribution >= 4 is 17.5 Å². The molecule has 0 saturated carbocycles. The largest absolute Gasteiger partial charge is 0.351 e. The molecule has 2 aromatic heterocycles. The van der Waals surface area contributed by atoms with Gasteiger partial charge in [-0.1, -0.05) is 11.6 Å². The zero-order valence-electron chi connectivity index (χ0n) is 11.7. The summed E-state index contributed by atoms with van der Waals surface area (Å²) in [7, 11) is 0. The molecule has 0 spiro atoms. The number of hydrogen-bond acceptors (Lipinski definition) is 2. The monoisotopic (exact) mass is 294 g/mol. The molecule has 0 radical (unpaired) electrons. The fourth-order valence-electron chi connectivity index (χ4n) is 2.04. The van der Waals surface area contributed by atoms with Crippen LogP contribution in [0.1, 0.15) is 42.6 Å². The van der Waals surface area contributed by atoms with E-state index in [2.05, 4.69) is 15.3 Å². The molecule has 0 atom stereocenters. The SMILES string of the molecule is CC(C)n1cc(Cl)cc1C(=O)NCCCc1ncc[nH]1. The van der Waals surface area contributed by atoms with Crippen LogP contribution in [-0.2, 0) is 6.42 Å². The number of nitrogens with zero attached hydrogens (tertiary/aromatic N) is 2. The van der Waals surface area contributed by atoms with Gasteiger partial charge >= 0.3 is 0 Å². The average Bonchev–Trinajstić information content (AvgIpc) is 3.03. The summed E-state index contributed by atoms with van der Waals surface area (Å²) >= 11 is 5.97. The number of aromatic nitrogens is 3. The lowest BCUT2D eigenvalue weighted by Crippen LogP contribution is -2.27. The first kappa shape index (κ1) is 14.7. The van der Waals surface area contributed by atoms with Crippen LogP contribution in [0.2, 0.25) is 5.02 Å². The molecule has 0 aromatic carbocycles. The number of H-pyrrole nitrogens is 1. The van der Waals surface area contributed by atoms with Gasteiger partial charge in [-0.25, -0.2) is 4.98 Å². The standard InChI is InChI=1S/C14H19ClN4O/c1-10(2)19-9-11(15)8-12(19)14(20)18-5-3-4-13-16-6-7-17-13/h6-10H,3-5H2,1-2H3,(H,16,17)(H,18,20). The maximum atomic E-state index is 12.1. The number of rotatable bonds is 6. The van der Waals surface area contributed by atoms with Crippen LogP contribution in [0, 0.1) is 0 Å². The van der Waals surface area contributed by atoms with Gasteiger partial charge in [0.25, 0.3) is 5.91 Å². The number of carbonyl (C=O) groups excluding carboxylic acids is 1. The van der Waals surface area contributed by atoms with Crippen LogP contribution < -0.4 is 5.32 Å². The molecule has 0 fully saturated rings. The van der Waals surface area contributed by atoms with Crippen LogP contribution in [-0.4, -0.2) is 27.0 Å². The van der Waals surface area contributed by atoms with Crippen LogP contribution in [0.15, 0.2) is 24.7 Å². The van der Waals surface area contributed by atoms with E-state index in [9.17, 15) is 4.79 Å². The van der Waals surface area contributed by atoms with Crippen LogP contribution in [0.3, 0.4) is 0 Å². The van der Waals surface area contributed by atoms with E-state index in [0.717, 1.165) is 18.7 Å². The summed E-state index contributed by atoms with van der Waals surface area (Å²) < 4.78 is 1.88. The molecule has 5 nitrogen and oxygen atoms in total. The van der Waals surface area contributed by atoms with Crippen molar-refractivity contribution in [3.05, 3.63) is 41.2 Å². The number of aromatic amines is 1. The van der Waals surface area contributed by atoms with Gasteiger partial charge in [0.15, 0.2) is 0 Å². The summed E-state index contributed by atoms with van der Waals surface area (Å²) in [6.45, 7) is 4.65. The molecule has 2 aromatic rings. The summed E-state index contributed by atoms with van der Waals surface area (Å²) in [4.78, 5) is 19.3. The molecule has 108 valence electrons. The van der Waals surface area contributed by atoms with Gasteiger partial charge in [0.1, 0.15) is 11.5 Å². The first-order chi connectivity index (χ1) is 9.58. The molecule has 2 rings (SSSR count). The number of amides is 1. The summed E-state index contributed by atoms with van der Waals surface area (Å²) in [6, 6.07) is 1.90. The van der Waals surface area contributed by atoms with Crippen molar-refractivity contribution in [2.45, 2.75) is 32.7 Å². The Morgan fingerprint density at radius 1 is 1.55 bits per heavy atom. The van der Waals surface area contributed by atoms with Crippen molar-refractivity contribution in [2.24, 2.45) is 0 Å². The molecule has 0 saturated heterocycles. The van der Waals surface area contributed by atoms with Crippen LogP contribution in [0.4, 0.5) is 0 Å². The highest BCUT2D eigenvalue weighted by Gasteiger charge is 2.14. The summed E-state index contributed by atoms with van der Waals surface area (Å²) in [5.74, 6) is 0.845. The molecular formula is C14H19ClN4O. The third-order valence-corrected chi connectivity index (χ3v) is 3.24. The fraction of sp³-hybridized carbons (Fsp3) is 0.429. The summed E-state index contributed by atoms with van der Waals surface area (Å²) in [5, 5.41) is 3.49. The van der Waals surface area contributed by atoms with Gasteiger partial charge in [-0.3, -0.25) is 4.79 Å². The maximum Gasteiger partial charge on any atom is 0.267 e. The van der Waals surface area contributed by atoms with E-state index >= 15 is 0 Å². The fourth-order valence-corrected chi connectivity index (χ4v) is 2.25. The van der Waals surface area contributed by atoms with Crippen molar-refractivity contribution in [1.82, 2.24) is 19.9 Å². The number of imidazole rings is 1. The Hall–Kier alpha value is -1.75. The number of nitrogens with one attached hydrogen (secondary N) is 2. The van der Waals surface area contributed by atoms with Gasteiger partial charge in [0, 0.05) is 37.6 Å². The van der Waals surface area contributed by atoms with Crippen LogP contribution in [0.5, 0.6) is 0 Å². The molecule has 2 heterocycles. The smallest absolute Gasteiger partial charge is 0.267 e. The van der Waals surface area contributed by atoms with E-state index in [1.165, 1.54) is 0 Å². The lowest BCUT2D eigenvalue weighted by atomic mass is 10.3. The molecule has 0 aliphatic rings. The normalized spacial score (nSPS) is 11.0. The summed E-state index contributed by atoms with van der Waals surface area (Å²) in [5.41, 5.74) is 0.600. The number of hydrogen-bond donors (Lipinski definition) is 2. The first-order valence-electron chi connectivity index (χ1n) is 6.71. The van der Waals surface area contributed by atoms with Crippen molar-refractivity contribution < 1.29 is 4.79 Å². The Morgan fingerprint density at radius 2 is 2.35 bits per heavy atom. The zero-order chi connectivity index (χ0) is 14.5. The Balaban J connectivity index is 1.85. The van der Waals surface area contributed by atoms with Gasteiger partial charge < -0.3 is 14.9 Å². The van der Waals surface area contributed by atoms with E-state index in [0.29, 0.717) is 17.3 Å². The van der Waals surface area contributed by atoms with Crippen molar-refractivity contribution in [1.29, 1.82) is 0 Å². The molecule has 6 heteroatoms. The van der Waals surface area contributed by atoms with E-state index < -0.39 is 0 Å². The predicted molar refractivity (Wildman–Crippen MR) is 79.1 cm³/mol. The second-order valence-electron chi connectivity index (χ2n) is 4.94. The Kier molecular flexibility index (Phi) is 4.84. The molecule has 1 amide bonds. The minimum atomic E-state index is -0.0926. The molecule has 0 aliphatic carbocycles. The van der Waals surface area contributed by atoms with Crippen LogP contribution in [0.25, 0.3) is 0 Å². The number of aryl methyl sites for hydroxylation is 1. The van der Waals surface area contributed by atoms with E-state index in [4.69, 9.17) is 11.6 Å².